The highest BCUT2D eigenvalue weighted by Gasteiger charge is 2.30. The number of ether oxygens (including phenoxy) is 1. The number of halogens is 1. The number of nitrogens with one attached hydrogen (secondary N) is 2. The minimum Gasteiger partial charge on any atom is -0.496 e. The van der Waals surface area contributed by atoms with Gasteiger partial charge in [0.15, 0.2) is 5.82 Å². The average Bonchev–Trinajstić information content (AvgIpc) is 3.28. The van der Waals surface area contributed by atoms with Crippen LogP contribution in [0.4, 0.5) is 10.2 Å². The summed E-state index contributed by atoms with van der Waals surface area (Å²) in [6, 6.07) is 13.1. The van der Waals surface area contributed by atoms with Gasteiger partial charge in [-0.05, 0) is 49.7 Å². The normalized spacial score (nSPS) is 16.9. The smallest absolute Gasteiger partial charge is 0.252 e. The van der Waals surface area contributed by atoms with Gasteiger partial charge in [0.25, 0.3) is 5.91 Å². The maximum atomic E-state index is 14.2. The molecule has 2 saturated heterocycles. The second kappa shape index (κ2) is 10.3. The fourth-order valence-electron chi connectivity index (χ4n) is 5.80. The second-order valence-electron chi connectivity index (χ2n) is 10.4. The van der Waals surface area contributed by atoms with Gasteiger partial charge in [0.2, 0.25) is 0 Å². The lowest BCUT2D eigenvalue weighted by Gasteiger charge is -2.42. The zero-order valence-electron chi connectivity index (χ0n) is 21.8. The zero-order chi connectivity index (χ0) is 27.1. The Morgan fingerprint density at radius 2 is 1.90 bits per heavy atom. The molecule has 0 atom stereocenters. The fraction of sp³-hybridized carbons (Fsp3) is 0.345. The number of benzene rings is 2. The summed E-state index contributed by atoms with van der Waals surface area (Å²) in [5, 5.41) is 11.5. The van der Waals surface area contributed by atoms with Crippen molar-refractivity contribution in [3.05, 3.63) is 70.7 Å². The van der Waals surface area contributed by atoms with Crippen molar-refractivity contribution in [2.45, 2.75) is 31.2 Å². The van der Waals surface area contributed by atoms with E-state index in [2.05, 4.69) is 26.5 Å². The molecule has 2 aromatic heterocycles. The third-order valence-corrected chi connectivity index (χ3v) is 8.04. The van der Waals surface area contributed by atoms with Gasteiger partial charge < -0.3 is 21.5 Å². The van der Waals surface area contributed by atoms with E-state index in [4.69, 9.17) is 21.2 Å². The van der Waals surface area contributed by atoms with Crippen LogP contribution in [0.15, 0.2) is 42.5 Å². The molecule has 1 amide bonds. The SMILES string of the molecule is COc1c(Cc2ccc(-c3nc(C4CCN(C5CNC5)CC4)cc4[nH]nc(N)c34)cc2)cc(F)cc1C(N)=O. The molecule has 0 saturated carbocycles. The number of fused-ring (bicyclic) bond motifs is 1. The first kappa shape index (κ1) is 25.3. The lowest BCUT2D eigenvalue weighted by Crippen LogP contribution is -2.58. The Bertz CT molecular complexity index is 1520. The number of nitrogens with zero attached hydrogens (tertiary/aromatic N) is 3. The van der Waals surface area contributed by atoms with Crippen LogP contribution in [0, 0.1) is 5.82 Å². The molecule has 6 N–H and O–H groups in total. The summed E-state index contributed by atoms with van der Waals surface area (Å²) in [4.78, 5) is 19.5. The minimum atomic E-state index is -0.735. The van der Waals surface area contributed by atoms with Crippen LogP contribution in [0.2, 0.25) is 0 Å². The number of pyridine rings is 1. The molecule has 202 valence electrons. The molecule has 2 aromatic carbocycles. The van der Waals surface area contributed by atoms with E-state index in [1.807, 2.05) is 24.3 Å². The predicted molar refractivity (Wildman–Crippen MR) is 148 cm³/mol. The molecule has 0 spiro atoms. The third kappa shape index (κ3) is 4.81. The van der Waals surface area contributed by atoms with Crippen molar-refractivity contribution in [1.29, 1.82) is 0 Å². The molecular formula is C29H32FN7O2. The molecular weight excluding hydrogens is 497 g/mol. The van der Waals surface area contributed by atoms with Crippen molar-refractivity contribution < 1.29 is 13.9 Å². The predicted octanol–water partition coefficient (Wildman–Crippen LogP) is 3.20. The summed E-state index contributed by atoms with van der Waals surface area (Å²) in [6.45, 7) is 4.32. The Hall–Kier alpha value is -4.02. The van der Waals surface area contributed by atoms with E-state index < -0.39 is 11.7 Å². The molecule has 4 aromatic rings. The minimum absolute atomic E-state index is 0.0261. The number of nitrogen functional groups attached to an aromatic ring is 1. The highest BCUT2D eigenvalue weighted by molar-refractivity contribution is 6.00. The number of nitrogens with two attached hydrogens (primary N) is 2. The van der Waals surface area contributed by atoms with E-state index in [1.54, 1.807) is 0 Å². The van der Waals surface area contributed by atoms with E-state index in [0.29, 0.717) is 29.8 Å². The lowest BCUT2D eigenvalue weighted by atomic mass is 9.90. The van der Waals surface area contributed by atoms with Crippen LogP contribution in [0.5, 0.6) is 5.75 Å². The van der Waals surface area contributed by atoms with Gasteiger partial charge in [0.05, 0.1) is 29.3 Å². The van der Waals surface area contributed by atoms with Crippen LogP contribution in [-0.2, 0) is 6.42 Å². The standard InChI is InChI=1S/C29H32FN7O2/c1-39-27-19(11-20(30)12-22(27)29(32)38)10-16-2-4-18(5-3-16)26-25-24(35-36-28(25)31)13-23(34-26)17-6-8-37(9-7-17)21-14-33-15-21/h2-5,11-13,17,21,33H,6-10,14-15H2,1H3,(H2,32,38)(H3,31,35,36). The van der Waals surface area contributed by atoms with Crippen molar-refractivity contribution >= 4 is 22.6 Å². The number of aromatic nitrogens is 3. The number of primary amides is 1. The van der Waals surface area contributed by atoms with Gasteiger partial charge in [-0.25, -0.2) is 4.39 Å². The van der Waals surface area contributed by atoms with E-state index in [1.165, 1.54) is 13.2 Å². The number of piperidine rings is 1. The Morgan fingerprint density at radius 1 is 1.15 bits per heavy atom. The molecule has 0 unspecified atom stereocenters. The molecule has 4 heterocycles. The van der Waals surface area contributed by atoms with E-state index in [9.17, 15) is 9.18 Å². The monoisotopic (exact) mass is 529 g/mol. The van der Waals surface area contributed by atoms with Crippen LogP contribution < -0.4 is 21.5 Å². The number of likely N-dealkylation sites (tertiary alicyclic amines) is 1. The van der Waals surface area contributed by atoms with Crippen molar-refractivity contribution in [3.8, 4) is 17.0 Å². The number of H-pyrrole nitrogens is 1. The molecule has 0 bridgehead atoms. The van der Waals surface area contributed by atoms with Crippen molar-refractivity contribution in [2.75, 3.05) is 39.0 Å². The molecule has 0 radical (unpaired) electrons. The van der Waals surface area contributed by atoms with Crippen LogP contribution in [0.1, 0.15) is 45.9 Å². The van der Waals surface area contributed by atoms with E-state index in [0.717, 1.165) is 78.5 Å². The number of amides is 1. The van der Waals surface area contributed by atoms with Crippen LogP contribution >= 0.6 is 0 Å². The van der Waals surface area contributed by atoms with Crippen molar-refractivity contribution in [2.24, 2.45) is 5.73 Å². The first-order valence-electron chi connectivity index (χ1n) is 13.3. The van der Waals surface area contributed by atoms with Crippen LogP contribution in [-0.4, -0.2) is 65.3 Å². The number of methoxy groups -OCH3 is 1. The van der Waals surface area contributed by atoms with E-state index >= 15 is 0 Å². The summed E-state index contributed by atoms with van der Waals surface area (Å²) in [5.41, 5.74) is 16.8. The van der Waals surface area contributed by atoms with Gasteiger partial charge >= 0.3 is 0 Å². The maximum absolute atomic E-state index is 14.2. The Balaban J connectivity index is 1.29. The first-order chi connectivity index (χ1) is 18.9. The molecule has 2 aliphatic rings. The summed E-state index contributed by atoms with van der Waals surface area (Å²) in [7, 11) is 1.44. The van der Waals surface area contributed by atoms with Gasteiger partial charge in [0, 0.05) is 48.3 Å². The van der Waals surface area contributed by atoms with Crippen LogP contribution in [0.25, 0.3) is 22.2 Å². The number of carbonyl (C=O) groups excluding carboxylic acids is 1. The maximum Gasteiger partial charge on any atom is 0.252 e. The number of hydrogen-bond donors (Lipinski definition) is 4. The highest BCUT2D eigenvalue weighted by Crippen LogP contribution is 2.36. The summed E-state index contributed by atoms with van der Waals surface area (Å²) >= 11 is 0. The number of anilines is 1. The van der Waals surface area contributed by atoms with Gasteiger partial charge in [0.1, 0.15) is 11.6 Å². The molecule has 9 nitrogen and oxygen atoms in total. The number of rotatable bonds is 7. The zero-order valence-corrected chi connectivity index (χ0v) is 21.8. The quantitative estimate of drug-likeness (QED) is 0.289. The summed E-state index contributed by atoms with van der Waals surface area (Å²) in [5.74, 6) is -0.193. The summed E-state index contributed by atoms with van der Waals surface area (Å²) in [6.07, 6.45) is 2.51. The number of aromatic amines is 1. The molecule has 6 rings (SSSR count). The second-order valence-corrected chi connectivity index (χ2v) is 10.4. The van der Waals surface area contributed by atoms with Crippen molar-refractivity contribution in [1.82, 2.24) is 25.4 Å². The van der Waals surface area contributed by atoms with Crippen LogP contribution in [0.3, 0.4) is 0 Å². The summed E-state index contributed by atoms with van der Waals surface area (Å²) < 4.78 is 19.6. The molecule has 2 fully saturated rings. The molecule has 2 aliphatic heterocycles. The molecule has 10 heteroatoms. The van der Waals surface area contributed by atoms with Gasteiger partial charge in [-0.15, -0.1) is 0 Å². The van der Waals surface area contributed by atoms with Gasteiger partial charge in [-0.1, -0.05) is 24.3 Å². The Labute approximate surface area is 225 Å². The third-order valence-electron chi connectivity index (χ3n) is 8.04. The van der Waals surface area contributed by atoms with Crippen molar-refractivity contribution in [3.63, 3.8) is 0 Å². The number of hydrogen-bond acceptors (Lipinski definition) is 7. The lowest BCUT2D eigenvalue weighted by molar-refractivity contribution is 0.0996. The van der Waals surface area contributed by atoms with E-state index in [-0.39, 0.29) is 11.3 Å². The Morgan fingerprint density at radius 3 is 2.54 bits per heavy atom. The topological polar surface area (TPSA) is 135 Å². The van der Waals surface area contributed by atoms with Gasteiger partial charge in [-0.2, -0.15) is 5.10 Å². The highest BCUT2D eigenvalue weighted by atomic mass is 19.1. The first-order valence-corrected chi connectivity index (χ1v) is 13.3. The number of carbonyl (C=O) groups is 1. The average molecular weight is 530 g/mol. The largest absolute Gasteiger partial charge is 0.496 e. The molecule has 0 aliphatic carbocycles. The van der Waals surface area contributed by atoms with Gasteiger partial charge in [-0.3, -0.25) is 19.8 Å². The molecule has 39 heavy (non-hydrogen) atoms. The Kier molecular flexibility index (Phi) is 6.66. The fourth-order valence-corrected chi connectivity index (χ4v) is 5.80.